The van der Waals surface area contributed by atoms with Crippen molar-refractivity contribution < 1.29 is 19.1 Å². The summed E-state index contributed by atoms with van der Waals surface area (Å²) in [6.07, 6.45) is 0. The molecule has 0 heterocycles. The summed E-state index contributed by atoms with van der Waals surface area (Å²) in [6, 6.07) is 10.2. The molecule has 5 nitrogen and oxygen atoms in total. The molecule has 0 saturated carbocycles. The Morgan fingerprint density at radius 3 is 2.52 bits per heavy atom. The van der Waals surface area contributed by atoms with Crippen LogP contribution in [0.4, 0.5) is 5.69 Å². The second kappa shape index (κ2) is 8.53. The number of esters is 1. The third-order valence-electron chi connectivity index (χ3n) is 3.52. The van der Waals surface area contributed by atoms with Crippen LogP contribution in [-0.4, -0.2) is 25.1 Å². The molecule has 0 aromatic heterocycles. The molecule has 0 bridgehead atoms. The van der Waals surface area contributed by atoms with Gasteiger partial charge in [-0.05, 0) is 62.2 Å². The molecule has 0 atom stereocenters. The highest BCUT2D eigenvalue weighted by molar-refractivity contribution is 6.31. The van der Waals surface area contributed by atoms with Crippen molar-refractivity contribution in [1.29, 1.82) is 0 Å². The summed E-state index contributed by atoms with van der Waals surface area (Å²) in [4.78, 5) is 23.9. The summed E-state index contributed by atoms with van der Waals surface area (Å²) in [7, 11) is 0. The van der Waals surface area contributed by atoms with Crippen LogP contribution >= 0.6 is 11.6 Å². The fourth-order valence-corrected chi connectivity index (χ4v) is 2.26. The molecule has 0 aliphatic heterocycles. The highest BCUT2D eigenvalue weighted by Gasteiger charge is 2.11. The molecule has 132 valence electrons. The molecule has 2 aromatic carbocycles. The number of carbonyl (C=O) groups excluding carboxylic acids is 2. The minimum Gasteiger partial charge on any atom is -0.484 e. The normalized spacial score (nSPS) is 10.2. The van der Waals surface area contributed by atoms with Crippen LogP contribution in [0.3, 0.4) is 0 Å². The Bertz CT molecular complexity index is 789. The number of aryl methyl sites for hydroxylation is 2. The number of carbonyl (C=O) groups is 2. The highest BCUT2D eigenvalue weighted by Crippen LogP contribution is 2.21. The second-order valence-electron chi connectivity index (χ2n) is 5.50. The first-order valence-corrected chi connectivity index (χ1v) is 8.25. The molecule has 25 heavy (non-hydrogen) atoms. The van der Waals surface area contributed by atoms with Crippen molar-refractivity contribution in [3.63, 3.8) is 0 Å². The number of nitrogens with one attached hydrogen (secondary N) is 1. The molecule has 0 fully saturated rings. The quantitative estimate of drug-likeness (QED) is 0.785. The number of rotatable bonds is 6. The number of halogens is 1. The first-order valence-electron chi connectivity index (χ1n) is 7.87. The summed E-state index contributed by atoms with van der Waals surface area (Å²) in [6.45, 7) is 5.59. The Balaban J connectivity index is 2.00. The van der Waals surface area contributed by atoms with Crippen molar-refractivity contribution in [3.05, 3.63) is 58.1 Å². The number of anilines is 1. The molecule has 0 unspecified atom stereocenters. The van der Waals surface area contributed by atoms with E-state index in [2.05, 4.69) is 5.32 Å². The van der Waals surface area contributed by atoms with E-state index in [0.29, 0.717) is 28.6 Å². The van der Waals surface area contributed by atoms with E-state index in [1.807, 2.05) is 13.8 Å². The lowest BCUT2D eigenvalue weighted by molar-refractivity contribution is -0.118. The highest BCUT2D eigenvalue weighted by atomic mass is 35.5. The van der Waals surface area contributed by atoms with Crippen molar-refractivity contribution in [3.8, 4) is 5.75 Å². The van der Waals surface area contributed by atoms with E-state index in [4.69, 9.17) is 21.1 Å². The SMILES string of the molecule is CCOC(=O)c1ccc(C)c(NC(=O)COc2ccc(Cl)c(C)c2)c1. The summed E-state index contributed by atoms with van der Waals surface area (Å²) >= 11 is 5.96. The molecule has 0 radical (unpaired) electrons. The van der Waals surface area contributed by atoms with E-state index in [-0.39, 0.29) is 12.5 Å². The van der Waals surface area contributed by atoms with Crippen LogP contribution in [0.5, 0.6) is 5.75 Å². The number of amides is 1. The molecule has 1 amide bonds. The Hall–Kier alpha value is -2.53. The van der Waals surface area contributed by atoms with Gasteiger partial charge < -0.3 is 14.8 Å². The lowest BCUT2D eigenvalue weighted by Crippen LogP contribution is -2.21. The molecular weight excluding hydrogens is 342 g/mol. The zero-order chi connectivity index (χ0) is 18.4. The number of hydrogen-bond donors (Lipinski definition) is 1. The zero-order valence-electron chi connectivity index (χ0n) is 14.4. The van der Waals surface area contributed by atoms with Crippen LogP contribution < -0.4 is 10.1 Å². The predicted molar refractivity (Wildman–Crippen MR) is 97.4 cm³/mol. The molecular formula is C19H20ClNO4. The van der Waals surface area contributed by atoms with Gasteiger partial charge in [-0.1, -0.05) is 17.7 Å². The smallest absolute Gasteiger partial charge is 0.338 e. The van der Waals surface area contributed by atoms with Crippen LogP contribution in [-0.2, 0) is 9.53 Å². The average Bonchev–Trinajstić information content (AvgIpc) is 2.58. The summed E-state index contributed by atoms with van der Waals surface area (Å²) in [5.41, 5.74) is 2.64. The molecule has 0 spiro atoms. The fraction of sp³-hybridized carbons (Fsp3) is 0.263. The Morgan fingerprint density at radius 1 is 1.08 bits per heavy atom. The van der Waals surface area contributed by atoms with E-state index < -0.39 is 5.97 Å². The summed E-state index contributed by atoms with van der Waals surface area (Å²) in [5.74, 6) is -0.184. The Morgan fingerprint density at radius 2 is 1.84 bits per heavy atom. The van der Waals surface area contributed by atoms with E-state index in [1.54, 1.807) is 43.3 Å². The monoisotopic (exact) mass is 361 g/mol. The van der Waals surface area contributed by atoms with Gasteiger partial charge >= 0.3 is 5.97 Å². The van der Waals surface area contributed by atoms with Gasteiger partial charge in [0.25, 0.3) is 5.91 Å². The number of benzene rings is 2. The molecule has 6 heteroatoms. The van der Waals surface area contributed by atoms with Crippen LogP contribution in [0.25, 0.3) is 0 Å². The number of ether oxygens (including phenoxy) is 2. The molecule has 0 aliphatic carbocycles. The molecule has 1 N–H and O–H groups in total. The van der Waals surface area contributed by atoms with Crippen molar-refractivity contribution in [2.75, 3.05) is 18.5 Å². The zero-order valence-corrected chi connectivity index (χ0v) is 15.1. The predicted octanol–water partition coefficient (Wildman–Crippen LogP) is 4.15. The minimum absolute atomic E-state index is 0.149. The van der Waals surface area contributed by atoms with Gasteiger partial charge in [0.1, 0.15) is 5.75 Å². The van der Waals surface area contributed by atoms with E-state index in [1.165, 1.54) is 0 Å². The van der Waals surface area contributed by atoms with Gasteiger partial charge in [0.15, 0.2) is 6.61 Å². The minimum atomic E-state index is -0.425. The largest absolute Gasteiger partial charge is 0.484 e. The van der Waals surface area contributed by atoms with E-state index in [9.17, 15) is 9.59 Å². The van der Waals surface area contributed by atoms with Crippen molar-refractivity contribution in [2.24, 2.45) is 0 Å². The van der Waals surface area contributed by atoms with Gasteiger partial charge in [-0.3, -0.25) is 4.79 Å². The van der Waals surface area contributed by atoms with Gasteiger partial charge in [-0.15, -0.1) is 0 Å². The van der Waals surface area contributed by atoms with Gasteiger partial charge in [0, 0.05) is 10.7 Å². The lowest BCUT2D eigenvalue weighted by atomic mass is 10.1. The van der Waals surface area contributed by atoms with Crippen LogP contribution in [0.1, 0.15) is 28.4 Å². The third-order valence-corrected chi connectivity index (χ3v) is 3.95. The van der Waals surface area contributed by atoms with Gasteiger partial charge in [0.2, 0.25) is 0 Å². The maximum atomic E-state index is 12.1. The molecule has 0 aliphatic rings. The van der Waals surface area contributed by atoms with Crippen LogP contribution in [0.15, 0.2) is 36.4 Å². The summed E-state index contributed by atoms with van der Waals surface area (Å²) < 4.78 is 10.4. The second-order valence-corrected chi connectivity index (χ2v) is 5.91. The van der Waals surface area contributed by atoms with E-state index >= 15 is 0 Å². The Kier molecular flexibility index (Phi) is 6.42. The summed E-state index contributed by atoms with van der Waals surface area (Å²) in [5, 5.41) is 3.39. The van der Waals surface area contributed by atoms with Crippen LogP contribution in [0, 0.1) is 13.8 Å². The average molecular weight is 362 g/mol. The topological polar surface area (TPSA) is 64.6 Å². The van der Waals surface area contributed by atoms with Gasteiger partial charge in [-0.25, -0.2) is 4.79 Å². The first-order chi connectivity index (χ1) is 11.9. The molecule has 2 rings (SSSR count). The van der Waals surface area contributed by atoms with E-state index in [0.717, 1.165) is 11.1 Å². The van der Waals surface area contributed by atoms with Crippen molar-refractivity contribution in [2.45, 2.75) is 20.8 Å². The standard InChI is InChI=1S/C19H20ClNO4/c1-4-24-19(23)14-6-5-12(2)17(10-14)21-18(22)11-25-15-7-8-16(20)13(3)9-15/h5-10H,4,11H2,1-3H3,(H,21,22). The van der Waals surface area contributed by atoms with Crippen LogP contribution in [0.2, 0.25) is 5.02 Å². The molecule has 0 saturated heterocycles. The van der Waals surface area contributed by atoms with Crippen molar-refractivity contribution in [1.82, 2.24) is 0 Å². The van der Waals surface area contributed by atoms with Gasteiger partial charge in [-0.2, -0.15) is 0 Å². The lowest BCUT2D eigenvalue weighted by Gasteiger charge is -2.11. The third kappa shape index (κ3) is 5.22. The number of hydrogen-bond acceptors (Lipinski definition) is 4. The fourth-order valence-electron chi connectivity index (χ4n) is 2.14. The molecule has 2 aromatic rings. The Labute approximate surface area is 151 Å². The maximum Gasteiger partial charge on any atom is 0.338 e. The van der Waals surface area contributed by atoms with Gasteiger partial charge in [0.05, 0.1) is 12.2 Å². The van der Waals surface area contributed by atoms with Crippen molar-refractivity contribution >= 4 is 29.2 Å². The first kappa shape index (κ1) is 18.8. The maximum absolute atomic E-state index is 12.1.